The van der Waals surface area contributed by atoms with Crippen LogP contribution in [0.25, 0.3) is 0 Å². The van der Waals surface area contributed by atoms with Crippen LogP contribution in [0.4, 0.5) is 0 Å². The normalized spacial score (nSPS) is 15.3. The van der Waals surface area contributed by atoms with Crippen LogP contribution in [0.1, 0.15) is 56.6 Å². The molecule has 1 aliphatic rings. The third-order valence-corrected chi connectivity index (χ3v) is 6.91. The average molecular weight is 439 g/mol. The highest BCUT2D eigenvalue weighted by molar-refractivity contribution is 8.00. The molecule has 1 N–H and O–H groups in total. The second kappa shape index (κ2) is 11.9. The zero-order valence-electron chi connectivity index (χ0n) is 18.7. The van der Waals surface area contributed by atoms with Crippen LogP contribution < -0.4 is 5.32 Å². The molecule has 0 saturated heterocycles. The molecule has 0 aliphatic heterocycles. The summed E-state index contributed by atoms with van der Waals surface area (Å²) >= 11 is 1.53. The maximum Gasteiger partial charge on any atom is 0.243 e. The molecule has 0 spiro atoms. The smallest absolute Gasteiger partial charge is 0.243 e. The number of amides is 2. The summed E-state index contributed by atoms with van der Waals surface area (Å²) in [7, 11) is 0. The highest BCUT2D eigenvalue weighted by atomic mass is 32.2. The fourth-order valence-electron chi connectivity index (χ4n) is 4.11. The third-order valence-electron chi connectivity index (χ3n) is 5.92. The van der Waals surface area contributed by atoms with Crippen molar-refractivity contribution in [3.05, 3.63) is 65.7 Å². The van der Waals surface area contributed by atoms with Gasteiger partial charge >= 0.3 is 0 Å². The molecule has 0 heterocycles. The van der Waals surface area contributed by atoms with Gasteiger partial charge in [0.05, 0.1) is 5.75 Å². The van der Waals surface area contributed by atoms with Gasteiger partial charge in [-0.25, -0.2) is 0 Å². The van der Waals surface area contributed by atoms with Crippen LogP contribution in [-0.2, 0) is 16.1 Å². The SMILES string of the molecule is CCC(C(=O)NC1CCCCC1)N(Cc1ccccc1)C(=O)CSc1ccc(C)cc1. The maximum absolute atomic E-state index is 13.3. The number of hydrogen-bond donors (Lipinski definition) is 1. The molecule has 2 amide bonds. The minimum atomic E-state index is -0.451. The van der Waals surface area contributed by atoms with Crippen molar-refractivity contribution in [2.24, 2.45) is 0 Å². The molecule has 1 aliphatic carbocycles. The summed E-state index contributed by atoms with van der Waals surface area (Å²) in [4.78, 5) is 29.3. The molecule has 0 bridgehead atoms. The Kier molecular flexibility index (Phi) is 9.01. The number of nitrogens with one attached hydrogen (secondary N) is 1. The molecule has 0 aromatic heterocycles. The second-order valence-electron chi connectivity index (χ2n) is 8.38. The van der Waals surface area contributed by atoms with E-state index in [-0.39, 0.29) is 17.9 Å². The predicted octanol–water partition coefficient (Wildman–Crippen LogP) is 5.34. The summed E-state index contributed by atoms with van der Waals surface area (Å²) < 4.78 is 0. The van der Waals surface area contributed by atoms with Crippen molar-refractivity contribution in [2.75, 3.05) is 5.75 Å². The van der Waals surface area contributed by atoms with Crippen LogP contribution in [-0.4, -0.2) is 34.6 Å². The number of thioether (sulfide) groups is 1. The Morgan fingerprint density at radius 3 is 2.35 bits per heavy atom. The Bertz CT molecular complexity index is 832. The standard InChI is InChI=1S/C26H34N2O2S/c1-3-24(26(30)27-22-12-8-5-9-13-22)28(18-21-10-6-4-7-11-21)25(29)19-31-23-16-14-20(2)15-17-23/h4,6-7,10-11,14-17,22,24H,3,5,8-9,12-13,18-19H2,1-2H3,(H,27,30). The summed E-state index contributed by atoms with van der Waals surface area (Å²) in [6.07, 6.45) is 6.27. The first-order chi connectivity index (χ1) is 15.1. The van der Waals surface area contributed by atoms with Gasteiger partial charge in [0.1, 0.15) is 6.04 Å². The lowest BCUT2D eigenvalue weighted by molar-refractivity contribution is -0.139. The van der Waals surface area contributed by atoms with Gasteiger partial charge < -0.3 is 10.2 Å². The number of nitrogens with zero attached hydrogens (tertiary/aromatic N) is 1. The first-order valence-electron chi connectivity index (χ1n) is 11.4. The largest absolute Gasteiger partial charge is 0.352 e. The van der Waals surface area contributed by atoms with Gasteiger partial charge in [-0.15, -0.1) is 11.8 Å². The molecular formula is C26H34N2O2S. The maximum atomic E-state index is 13.3. The van der Waals surface area contributed by atoms with Gasteiger partial charge in [0, 0.05) is 17.5 Å². The number of hydrogen-bond acceptors (Lipinski definition) is 3. The van der Waals surface area contributed by atoms with E-state index in [0.717, 1.165) is 23.3 Å². The van der Waals surface area contributed by atoms with E-state index >= 15 is 0 Å². The summed E-state index contributed by atoms with van der Waals surface area (Å²) in [6, 6.07) is 17.9. The highest BCUT2D eigenvalue weighted by Gasteiger charge is 2.30. The Labute approximate surface area is 190 Å². The minimum absolute atomic E-state index is 0.0000669. The molecule has 5 heteroatoms. The van der Waals surface area contributed by atoms with E-state index in [0.29, 0.717) is 18.7 Å². The molecule has 31 heavy (non-hydrogen) atoms. The topological polar surface area (TPSA) is 49.4 Å². The van der Waals surface area contributed by atoms with Crippen molar-refractivity contribution < 1.29 is 9.59 Å². The second-order valence-corrected chi connectivity index (χ2v) is 9.43. The molecule has 3 rings (SSSR count). The van der Waals surface area contributed by atoms with Crippen LogP contribution in [0.15, 0.2) is 59.5 Å². The van der Waals surface area contributed by atoms with Gasteiger partial charge in [0.25, 0.3) is 0 Å². The summed E-state index contributed by atoms with van der Waals surface area (Å²) in [5, 5.41) is 3.23. The molecule has 1 atom stereocenters. The zero-order chi connectivity index (χ0) is 22.1. The fourth-order valence-corrected chi connectivity index (χ4v) is 4.89. The predicted molar refractivity (Wildman–Crippen MR) is 128 cm³/mol. The average Bonchev–Trinajstić information content (AvgIpc) is 2.79. The van der Waals surface area contributed by atoms with Crippen molar-refractivity contribution in [3.8, 4) is 0 Å². The van der Waals surface area contributed by atoms with E-state index in [1.54, 1.807) is 4.90 Å². The van der Waals surface area contributed by atoms with Crippen LogP contribution in [0.5, 0.6) is 0 Å². The minimum Gasteiger partial charge on any atom is -0.352 e. The van der Waals surface area contributed by atoms with E-state index in [9.17, 15) is 9.59 Å². The van der Waals surface area contributed by atoms with Crippen molar-refractivity contribution in [3.63, 3.8) is 0 Å². The van der Waals surface area contributed by atoms with Gasteiger partial charge in [0.2, 0.25) is 11.8 Å². The van der Waals surface area contributed by atoms with Gasteiger partial charge in [-0.1, -0.05) is 74.2 Å². The number of carbonyl (C=O) groups excluding carboxylic acids is 2. The van der Waals surface area contributed by atoms with Gasteiger partial charge in [0.15, 0.2) is 0 Å². The lowest BCUT2D eigenvalue weighted by atomic mass is 9.95. The van der Waals surface area contributed by atoms with Crippen LogP contribution in [0.3, 0.4) is 0 Å². The first kappa shape index (κ1) is 23.4. The fraction of sp³-hybridized carbons (Fsp3) is 0.462. The van der Waals surface area contributed by atoms with E-state index < -0.39 is 6.04 Å². The number of rotatable bonds is 9. The molecule has 166 valence electrons. The number of benzene rings is 2. The lowest BCUT2D eigenvalue weighted by Gasteiger charge is -2.32. The Morgan fingerprint density at radius 1 is 1.03 bits per heavy atom. The van der Waals surface area contributed by atoms with Crippen molar-refractivity contribution in [1.82, 2.24) is 10.2 Å². The van der Waals surface area contributed by atoms with Crippen molar-refractivity contribution in [2.45, 2.75) is 75.9 Å². The lowest BCUT2D eigenvalue weighted by Crippen LogP contribution is -2.52. The van der Waals surface area contributed by atoms with Crippen LogP contribution in [0, 0.1) is 6.92 Å². The van der Waals surface area contributed by atoms with Crippen LogP contribution >= 0.6 is 11.8 Å². The highest BCUT2D eigenvalue weighted by Crippen LogP contribution is 2.22. The Balaban J connectivity index is 1.72. The Morgan fingerprint density at radius 2 is 1.71 bits per heavy atom. The third kappa shape index (κ3) is 7.13. The Hall–Kier alpha value is -2.27. The zero-order valence-corrected chi connectivity index (χ0v) is 19.5. The molecule has 2 aromatic carbocycles. The number of aryl methyl sites for hydroxylation is 1. The summed E-state index contributed by atoms with van der Waals surface area (Å²) in [5.41, 5.74) is 2.24. The van der Waals surface area contributed by atoms with Gasteiger partial charge in [-0.05, 0) is 43.9 Å². The molecule has 1 saturated carbocycles. The quantitative estimate of drug-likeness (QED) is 0.537. The van der Waals surface area contributed by atoms with Crippen molar-refractivity contribution in [1.29, 1.82) is 0 Å². The molecule has 4 nitrogen and oxygen atoms in total. The van der Waals surface area contributed by atoms with Gasteiger partial charge in [-0.3, -0.25) is 9.59 Å². The first-order valence-corrected chi connectivity index (χ1v) is 12.4. The van der Waals surface area contributed by atoms with E-state index in [1.807, 2.05) is 49.4 Å². The summed E-state index contributed by atoms with van der Waals surface area (Å²) in [5.74, 6) is 0.308. The molecular weight excluding hydrogens is 404 g/mol. The molecule has 0 radical (unpaired) electrons. The monoisotopic (exact) mass is 438 g/mol. The van der Waals surface area contributed by atoms with Crippen LogP contribution in [0.2, 0.25) is 0 Å². The van der Waals surface area contributed by atoms with Gasteiger partial charge in [-0.2, -0.15) is 0 Å². The van der Waals surface area contributed by atoms with E-state index in [1.165, 1.54) is 36.6 Å². The molecule has 1 fully saturated rings. The van der Waals surface area contributed by atoms with E-state index in [2.05, 4.69) is 24.4 Å². The molecule has 1 unspecified atom stereocenters. The van der Waals surface area contributed by atoms with E-state index in [4.69, 9.17) is 0 Å². The van der Waals surface area contributed by atoms with Crippen molar-refractivity contribution >= 4 is 23.6 Å². The number of carbonyl (C=O) groups is 2. The molecule has 2 aromatic rings. The summed E-state index contributed by atoms with van der Waals surface area (Å²) in [6.45, 7) is 4.49.